The highest BCUT2D eigenvalue weighted by Gasteiger charge is 2.07. The molecule has 0 saturated heterocycles. The summed E-state index contributed by atoms with van der Waals surface area (Å²) in [5, 5.41) is 5.35. The molecule has 0 atom stereocenters. The molecule has 0 spiro atoms. The Kier molecular flexibility index (Phi) is 1.79. The summed E-state index contributed by atoms with van der Waals surface area (Å²) in [5.74, 6) is 0. The normalized spacial score (nSPS) is 11.5. The standard InChI is InChI=1S/C16H9S/c1-2-6-12-11(5-1)9-10-15-16(12)13-7-3-4-8-14(13)17-15/h2-10H. The summed E-state index contributed by atoms with van der Waals surface area (Å²) >= 11 is 1.87. The molecule has 0 amide bonds. The average Bonchev–Trinajstić information content (AvgIpc) is 2.77. The van der Waals surface area contributed by atoms with Crippen molar-refractivity contribution in [3.05, 3.63) is 60.7 Å². The first kappa shape index (κ1) is 9.20. The molecule has 0 unspecified atom stereocenters. The van der Waals surface area contributed by atoms with Gasteiger partial charge in [-0.1, -0.05) is 36.4 Å². The van der Waals surface area contributed by atoms with E-state index >= 15 is 0 Å². The lowest BCUT2D eigenvalue weighted by molar-refractivity contribution is 1.79. The minimum Gasteiger partial charge on any atom is -0.135 e. The van der Waals surface area contributed by atoms with Crippen LogP contribution in [-0.2, 0) is 0 Å². The van der Waals surface area contributed by atoms with Crippen LogP contribution in [0.5, 0.6) is 0 Å². The van der Waals surface area contributed by atoms with Gasteiger partial charge in [-0.3, -0.25) is 0 Å². The van der Waals surface area contributed by atoms with E-state index < -0.39 is 0 Å². The van der Waals surface area contributed by atoms with Crippen molar-refractivity contribution in [2.75, 3.05) is 0 Å². The van der Waals surface area contributed by atoms with Crippen molar-refractivity contribution in [1.29, 1.82) is 0 Å². The van der Waals surface area contributed by atoms with Gasteiger partial charge in [0.05, 0.1) is 0 Å². The van der Waals surface area contributed by atoms with Crippen molar-refractivity contribution in [3.63, 3.8) is 0 Å². The molecule has 0 N–H and O–H groups in total. The fourth-order valence-electron chi connectivity index (χ4n) is 2.43. The molecule has 79 valence electrons. The van der Waals surface area contributed by atoms with E-state index in [4.69, 9.17) is 0 Å². The van der Waals surface area contributed by atoms with Gasteiger partial charge in [0.25, 0.3) is 0 Å². The topological polar surface area (TPSA) is 0 Å². The Balaban J connectivity index is 2.38. The summed E-state index contributed by atoms with van der Waals surface area (Å²) in [7, 11) is 0. The quantitative estimate of drug-likeness (QED) is 0.400. The lowest BCUT2D eigenvalue weighted by atomic mass is 10.0. The average molecular weight is 233 g/mol. The second kappa shape index (κ2) is 3.31. The molecule has 3 aromatic carbocycles. The molecule has 0 aliphatic heterocycles. The Morgan fingerprint density at radius 1 is 0.824 bits per heavy atom. The van der Waals surface area contributed by atoms with Crippen LogP contribution in [0.1, 0.15) is 0 Å². The van der Waals surface area contributed by atoms with E-state index in [1.165, 1.54) is 30.9 Å². The van der Waals surface area contributed by atoms with Gasteiger partial charge in [0.15, 0.2) is 0 Å². The highest BCUT2D eigenvalue weighted by atomic mass is 32.1. The monoisotopic (exact) mass is 233 g/mol. The second-order valence-electron chi connectivity index (χ2n) is 4.18. The van der Waals surface area contributed by atoms with Crippen LogP contribution in [0.2, 0.25) is 0 Å². The first-order valence-electron chi connectivity index (χ1n) is 5.63. The Bertz CT molecular complexity index is 834. The van der Waals surface area contributed by atoms with Gasteiger partial charge in [0, 0.05) is 20.2 Å². The molecule has 1 aromatic heterocycles. The van der Waals surface area contributed by atoms with E-state index in [9.17, 15) is 0 Å². The zero-order valence-corrected chi connectivity index (χ0v) is 9.92. The van der Waals surface area contributed by atoms with Crippen molar-refractivity contribution in [1.82, 2.24) is 0 Å². The first-order chi connectivity index (χ1) is 8.43. The van der Waals surface area contributed by atoms with Crippen molar-refractivity contribution in [2.45, 2.75) is 0 Å². The van der Waals surface area contributed by atoms with Crippen molar-refractivity contribution < 1.29 is 0 Å². The molecular weight excluding hydrogens is 224 g/mol. The molecule has 0 aliphatic carbocycles. The van der Waals surface area contributed by atoms with E-state index in [-0.39, 0.29) is 0 Å². The minimum absolute atomic E-state index is 1.27. The lowest BCUT2D eigenvalue weighted by Crippen LogP contribution is -1.73. The number of fused-ring (bicyclic) bond motifs is 5. The van der Waals surface area contributed by atoms with Gasteiger partial charge in [0.2, 0.25) is 0 Å². The molecular formula is C16H9S. The molecule has 0 bridgehead atoms. The van der Waals surface area contributed by atoms with Gasteiger partial charge in [-0.2, -0.15) is 0 Å². The maximum absolute atomic E-state index is 3.14. The molecule has 1 radical (unpaired) electrons. The van der Waals surface area contributed by atoms with Gasteiger partial charge in [-0.05, 0) is 35.0 Å². The molecule has 1 heteroatoms. The van der Waals surface area contributed by atoms with Gasteiger partial charge in [-0.15, -0.1) is 11.3 Å². The number of hydrogen-bond donors (Lipinski definition) is 0. The fourth-order valence-corrected chi connectivity index (χ4v) is 3.56. The summed E-state index contributed by atoms with van der Waals surface area (Å²) in [5.41, 5.74) is 0. The lowest BCUT2D eigenvalue weighted by Gasteiger charge is -1.99. The van der Waals surface area contributed by atoms with Gasteiger partial charge in [-0.25, -0.2) is 0 Å². The summed E-state index contributed by atoms with van der Waals surface area (Å²) < 4.78 is 2.73. The maximum Gasteiger partial charge on any atom is 0.0361 e. The highest BCUT2D eigenvalue weighted by Crippen LogP contribution is 2.37. The van der Waals surface area contributed by atoms with Crippen LogP contribution in [0.25, 0.3) is 30.9 Å². The zero-order chi connectivity index (χ0) is 11.2. The van der Waals surface area contributed by atoms with Crippen molar-refractivity contribution >= 4 is 42.3 Å². The third-order valence-electron chi connectivity index (χ3n) is 3.20. The predicted octanol–water partition coefficient (Wildman–Crippen LogP) is 5.01. The molecule has 1 heterocycles. The van der Waals surface area contributed by atoms with E-state index in [0.717, 1.165) is 0 Å². The van der Waals surface area contributed by atoms with Crippen molar-refractivity contribution in [3.8, 4) is 0 Å². The third-order valence-corrected chi connectivity index (χ3v) is 4.34. The van der Waals surface area contributed by atoms with E-state index in [1.807, 2.05) is 17.4 Å². The van der Waals surface area contributed by atoms with Crippen LogP contribution in [0.3, 0.4) is 0 Å². The molecule has 4 rings (SSSR count). The molecule has 0 saturated carbocycles. The number of thiophene rings is 1. The summed E-state index contributed by atoms with van der Waals surface area (Å²) in [6.45, 7) is 0. The smallest absolute Gasteiger partial charge is 0.0361 e. The predicted molar refractivity (Wildman–Crippen MR) is 75.7 cm³/mol. The SMILES string of the molecule is [c]1ccc2c(c1)ccc1sc3ccccc3c12. The Hall–Kier alpha value is -1.86. The Morgan fingerprint density at radius 3 is 2.76 bits per heavy atom. The van der Waals surface area contributed by atoms with Gasteiger partial charge < -0.3 is 0 Å². The van der Waals surface area contributed by atoms with Crippen LogP contribution in [-0.4, -0.2) is 0 Å². The number of benzene rings is 3. The first-order valence-corrected chi connectivity index (χ1v) is 6.45. The molecule has 4 aromatic rings. The Labute approximate surface area is 103 Å². The highest BCUT2D eigenvalue weighted by molar-refractivity contribution is 7.26. The maximum atomic E-state index is 3.14. The van der Waals surface area contributed by atoms with Gasteiger partial charge in [0.1, 0.15) is 0 Å². The van der Waals surface area contributed by atoms with Crippen LogP contribution in [0.4, 0.5) is 0 Å². The largest absolute Gasteiger partial charge is 0.135 e. The Morgan fingerprint density at radius 2 is 1.76 bits per heavy atom. The number of hydrogen-bond acceptors (Lipinski definition) is 1. The molecule has 17 heavy (non-hydrogen) atoms. The summed E-state index contributed by atoms with van der Waals surface area (Å²) in [6, 6.07) is 22.4. The van der Waals surface area contributed by atoms with E-state index in [0.29, 0.717) is 0 Å². The van der Waals surface area contributed by atoms with E-state index in [2.05, 4.69) is 54.6 Å². The molecule has 0 nitrogen and oxygen atoms in total. The third kappa shape index (κ3) is 1.23. The number of rotatable bonds is 0. The van der Waals surface area contributed by atoms with Crippen molar-refractivity contribution in [2.24, 2.45) is 0 Å². The summed E-state index contributed by atoms with van der Waals surface area (Å²) in [4.78, 5) is 0. The van der Waals surface area contributed by atoms with Crippen LogP contribution < -0.4 is 0 Å². The van der Waals surface area contributed by atoms with E-state index in [1.54, 1.807) is 0 Å². The van der Waals surface area contributed by atoms with Crippen LogP contribution >= 0.6 is 11.3 Å². The van der Waals surface area contributed by atoms with Gasteiger partial charge >= 0.3 is 0 Å². The fraction of sp³-hybridized carbons (Fsp3) is 0. The zero-order valence-electron chi connectivity index (χ0n) is 9.10. The summed E-state index contributed by atoms with van der Waals surface area (Å²) in [6.07, 6.45) is 0. The molecule has 0 aliphatic rings. The second-order valence-corrected chi connectivity index (χ2v) is 5.27. The van der Waals surface area contributed by atoms with Crippen LogP contribution in [0, 0.1) is 6.07 Å². The van der Waals surface area contributed by atoms with Crippen LogP contribution in [0.15, 0.2) is 54.6 Å². The molecule has 0 fully saturated rings. The minimum atomic E-state index is 1.27.